The summed E-state index contributed by atoms with van der Waals surface area (Å²) in [6.07, 6.45) is 0. The molecule has 0 unspecified atom stereocenters. The van der Waals surface area contributed by atoms with Crippen molar-refractivity contribution < 1.29 is 9.53 Å². The van der Waals surface area contributed by atoms with Gasteiger partial charge in [0.2, 0.25) is 0 Å². The van der Waals surface area contributed by atoms with Crippen LogP contribution in [0.1, 0.15) is 13.8 Å². The number of hydrogen-bond acceptors (Lipinski definition) is 2. The van der Waals surface area contributed by atoms with E-state index in [-0.39, 0.29) is 18.3 Å². The second kappa shape index (κ2) is 6.17. The minimum Gasteiger partial charge on any atom is -0.483 e. The molecule has 0 radical (unpaired) electrons. The summed E-state index contributed by atoms with van der Waals surface area (Å²) in [6, 6.07) is 3.75. The molecule has 0 amide bonds. The molecule has 0 bridgehead atoms. The lowest BCUT2D eigenvalue weighted by Crippen LogP contribution is -2.17. The fraction of sp³-hybridized carbons (Fsp3) is 0.364. The largest absolute Gasteiger partial charge is 0.483 e. The number of carbonyl (C=O) groups excluding carboxylic acids is 1. The lowest BCUT2D eigenvalue weighted by Gasteiger charge is -2.11. The van der Waals surface area contributed by atoms with Crippen molar-refractivity contribution in [1.29, 1.82) is 0 Å². The van der Waals surface area contributed by atoms with E-state index in [1.54, 1.807) is 0 Å². The van der Waals surface area contributed by atoms with Gasteiger partial charge in [-0.1, -0.05) is 29.8 Å². The first-order valence-electron chi connectivity index (χ1n) is 4.72. The van der Waals surface area contributed by atoms with Gasteiger partial charge in [0.05, 0.1) is 8.95 Å². The van der Waals surface area contributed by atoms with Crippen molar-refractivity contribution >= 4 is 53.6 Å². The van der Waals surface area contributed by atoms with E-state index in [1.165, 1.54) is 0 Å². The van der Waals surface area contributed by atoms with E-state index in [2.05, 4.69) is 47.8 Å². The monoisotopic (exact) mass is 412 g/mol. The molecule has 0 saturated carbocycles. The van der Waals surface area contributed by atoms with Crippen molar-refractivity contribution in [2.45, 2.75) is 13.8 Å². The molecule has 1 rings (SSSR count). The van der Waals surface area contributed by atoms with Crippen molar-refractivity contribution in [1.82, 2.24) is 0 Å². The normalized spacial score (nSPS) is 10.6. The number of hydrogen-bond donors (Lipinski definition) is 0. The third-order valence-corrected chi connectivity index (χ3v) is 3.60. The third-order valence-electron chi connectivity index (χ3n) is 1.97. The molecule has 0 N–H and O–H groups in total. The summed E-state index contributed by atoms with van der Waals surface area (Å²) in [6.45, 7) is 3.81. The average molecular weight is 415 g/mol. The van der Waals surface area contributed by atoms with Crippen molar-refractivity contribution in [2.75, 3.05) is 6.61 Å². The van der Waals surface area contributed by atoms with E-state index in [4.69, 9.17) is 4.74 Å². The molecular weight excluding hydrogens is 404 g/mol. The van der Waals surface area contributed by atoms with Crippen LogP contribution in [0.5, 0.6) is 5.75 Å². The second-order valence-corrected chi connectivity index (χ2v) is 6.23. The Hall–Kier alpha value is 0.130. The van der Waals surface area contributed by atoms with Gasteiger partial charge in [-0.2, -0.15) is 0 Å². The van der Waals surface area contributed by atoms with Gasteiger partial charge in [0.1, 0.15) is 12.4 Å². The van der Waals surface area contributed by atoms with Crippen LogP contribution in [-0.2, 0) is 4.79 Å². The molecule has 1 aromatic rings. The van der Waals surface area contributed by atoms with Gasteiger partial charge in [-0.25, -0.2) is 0 Å². The molecular formula is C11H11Br3O2. The zero-order valence-corrected chi connectivity index (χ0v) is 13.6. The average Bonchev–Trinajstić information content (AvgIpc) is 2.15. The fourth-order valence-electron chi connectivity index (χ4n) is 0.977. The number of ether oxygens (including phenoxy) is 1. The molecule has 0 spiro atoms. The Morgan fingerprint density at radius 1 is 1.25 bits per heavy atom. The predicted octanol–water partition coefficient (Wildman–Crippen LogP) is 4.58. The highest BCUT2D eigenvalue weighted by molar-refractivity contribution is 9.11. The summed E-state index contributed by atoms with van der Waals surface area (Å²) < 4.78 is 8.04. The number of Topliss-reactive ketones (excluding diaryl/α,β-unsaturated/α-hetero) is 1. The standard InChI is InChI=1S/C11H11Br3O2/c1-6(2)10(15)5-16-11-8(13)3-7(12)4-9(11)14/h3-4,6H,5H2,1-2H3. The van der Waals surface area contributed by atoms with Crippen molar-refractivity contribution in [3.8, 4) is 5.75 Å². The summed E-state index contributed by atoms with van der Waals surface area (Å²) in [5.74, 6) is 0.729. The molecule has 1 aromatic carbocycles. The molecule has 0 saturated heterocycles. The van der Waals surface area contributed by atoms with E-state index < -0.39 is 0 Å². The lowest BCUT2D eigenvalue weighted by atomic mass is 10.1. The first kappa shape index (κ1) is 14.2. The molecule has 0 fully saturated rings. The molecule has 16 heavy (non-hydrogen) atoms. The zero-order chi connectivity index (χ0) is 12.3. The smallest absolute Gasteiger partial charge is 0.172 e. The number of benzene rings is 1. The maximum absolute atomic E-state index is 11.4. The van der Waals surface area contributed by atoms with Crippen molar-refractivity contribution in [3.63, 3.8) is 0 Å². The van der Waals surface area contributed by atoms with Crippen LogP contribution in [0.25, 0.3) is 0 Å². The van der Waals surface area contributed by atoms with Crippen LogP contribution >= 0.6 is 47.8 Å². The fourth-order valence-corrected chi connectivity index (χ4v) is 3.46. The van der Waals surface area contributed by atoms with Crippen LogP contribution in [0.2, 0.25) is 0 Å². The van der Waals surface area contributed by atoms with Crippen LogP contribution < -0.4 is 4.74 Å². The van der Waals surface area contributed by atoms with Crippen molar-refractivity contribution in [2.24, 2.45) is 5.92 Å². The maximum Gasteiger partial charge on any atom is 0.172 e. The first-order chi connectivity index (χ1) is 7.41. The lowest BCUT2D eigenvalue weighted by molar-refractivity contribution is -0.123. The maximum atomic E-state index is 11.4. The number of ketones is 1. The molecule has 2 nitrogen and oxygen atoms in total. The Bertz CT molecular complexity index is 379. The molecule has 0 atom stereocenters. The highest BCUT2D eigenvalue weighted by atomic mass is 79.9. The van der Waals surface area contributed by atoms with Gasteiger partial charge < -0.3 is 4.74 Å². The molecule has 88 valence electrons. The van der Waals surface area contributed by atoms with Gasteiger partial charge >= 0.3 is 0 Å². The Balaban J connectivity index is 2.78. The number of halogens is 3. The first-order valence-corrected chi connectivity index (χ1v) is 7.09. The van der Waals surface area contributed by atoms with Gasteiger partial charge in [-0.15, -0.1) is 0 Å². The van der Waals surface area contributed by atoms with Gasteiger partial charge in [-0.3, -0.25) is 4.79 Å². The summed E-state index contributed by atoms with van der Waals surface area (Å²) in [5.41, 5.74) is 0. The SMILES string of the molecule is CC(C)C(=O)COc1c(Br)cc(Br)cc1Br. The second-order valence-electron chi connectivity index (χ2n) is 3.61. The zero-order valence-electron chi connectivity index (χ0n) is 8.89. The number of carbonyl (C=O) groups is 1. The van der Waals surface area contributed by atoms with Crippen LogP contribution in [0.4, 0.5) is 0 Å². The third kappa shape index (κ3) is 3.86. The molecule has 0 aromatic heterocycles. The van der Waals surface area contributed by atoms with Crippen LogP contribution in [0.15, 0.2) is 25.6 Å². The van der Waals surface area contributed by atoms with Gasteiger partial charge in [-0.05, 0) is 44.0 Å². The van der Waals surface area contributed by atoms with E-state index in [0.29, 0.717) is 5.75 Å². The summed E-state index contributed by atoms with van der Waals surface area (Å²) in [5, 5.41) is 0. The molecule has 0 heterocycles. The summed E-state index contributed by atoms with van der Waals surface area (Å²) in [7, 11) is 0. The predicted molar refractivity (Wildman–Crippen MR) is 74.9 cm³/mol. The Morgan fingerprint density at radius 2 is 1.75 bits per heavy atom. The highest BCUT2D eigenvalue weighted by Crippen LogP contribution is 2.36. The van der Waals surface area contributed by atoms with Crippen molar-refractivity contribution in [3.05, 3.63) is 25.6 Å². The Morgan fingerprint density at radius 3 is 2.19 bits per heavy atom. The van der Waals surface area contributed by atoms with Crippen LogP contribution in [-0.4, -0.2) is 12.4 Å². The molecule has 0 aliphatic carbocycles. The molecule has 0 aliphatic heterocycles. The Labute approximate surface area is 120 Å². The van der Waals surface area contributed by atoms with E-state index in [1.807, 2.05) is 26.0 Å². The van der Waals surface area contributed by atoms with E-state index in [9.17, 15) is 4.79 Å². The van der Waals surface area contributed by atoms with Crippen LogP contribution in [0.3, 0.4) is 0 Å². The van der Waals surface area contributed by atoms with E-state index >= 15 is 0 Å². The topological polar surface area (TPSA) is 26.3 Å². The quantitative estimate of drug-likeness (QED) is 0.721. The Kier molecular flexibility index (Phi) is 5.47. The van der Waals surface area contributed by atoms with E-state index in [0.717, 1.165) is 13.4 Å². The summed E-state index contributed by atoms with van der Waals surface area (Å²) in [4.78, 5) is 11.4. The van der Waals surface area contributed by atoms with Gasteiger partial charge in [0.15, 0.2) is 5.78 Å². The van der Waals surface area contributed by atoms with Gasteiger partial charge in [0.25, 0.3) is 0 Å². The highest BCUT2D eigenvalue weighted by Gasteiger charge is 2.12. The summed E-state index contributed by atoms with van der Waals surface area (Å²) >= 11 is 10.1. The molecule has 0 aliphatic rings. The number of rotatable bonds is 4. The van der Waals surface area contributed by atoms with Gasteiger partial charge in [0, 0.05) is 10.4 Å². The minimum absolute atomic E-state index is 0.00648. The minimum atomic E-state index is -0.00648. The molecule has 5 heteroatoms. The van der Waals surface area contributed by atoms with Crippen LogP contribution in [0, 0.1) is 5.92 Å².